The lowest BCUT2D eigenvalue weighted by Crippen LogP contribution is -2.43. The first kappa shape index (κ1) is 11.6. The van der Waals surface area contributed by atoms with Crippen LogP contribution in [0.5, 0.6) is 0 Å². The van der Waals surface area contributed by atoms with Crippen LogP contribution in [-0.2, 0) is 24.0 Å². The van der Waals surface area contributed by atoms with Gasteiger partial charge < -0.3 is 14.9 Å². The summed E-state index contributed by atoms with van der Waals surface area (Å²) in [7, 11) is 0. The molecule has 1 atom stereocenters. The predicted molar refractivity (Wildman–Crippen MR) is 47.0 cm³/mol. The first-order valence-electron chi connectivity index (χ1n) is 4.55. The summed E-state index contributed by atoms with van der Waals surface area (Å²) < 4.78 is 4.25. The van der Waals surface area contributed by atoms with Crippen LogP contribution in [0.2, 0.25) is 0 Å². The minimum Gasteiger partial charge on any atom is -0.383 e. The number of hydrogen-bond donors (Lipinski definition) is 2. The molecule has 1 aliphatic rings. The molecule has 0 aromatic carbocycles. The Morgan fingerprint density at radius 1 is 1.20 bits per heavy atom. The van der Waals surface area contributed by atoms with E-state index >= 15 is 0 Å². The summed E-state index contributed by atoms with van der Waals surface area (Å²) in [5.41, 5.74) is 0. The number of carbonyl (C=O) groups excluding carboxylic acids is 3. The maximum absolute atomic E-state index is 11.3. The molecule has 15 heavy (non-hydrogen) atoms. The van der Waals surface area contributed by atoms with E-state index in [2.05, 4.69) is 20.8 Å². The highest BCUT2D eigenvalue weighted by molar-refractivity contribution is 6.31. The van der Waals surface area contributed by atoms with Gasteiger partial charge in [-0.2, -0.15) is 5.90 Å². The molecule has 0 aromatic heterocycles. The topological polar surface area (TPSA) is 108 Å². The van der Waals surface area contributed by atoms with E-state index in [1.165, 1.54) is 0 Å². The maximum Gasteiger partial charge on any atom is 0.436 e. The Morgan fingerprint density at radius 2 is 1.93 bits per heavy atom. The van der Waals surface area contributed by atoms with Crippen molar-refractivity contribution in [2.75, 3.05) is 6.54 Å². The number of hydrogen-bond acceptors (Lipinski definition) is 7. The van der Waals surface area contributed by atoms with E-state index in [-0.39, 0.29) is 0 Å². The molecule has 0 spiro atoms. The predicted octanol–water partition coefficient (Wildman–Crippen LogP) is -1.38. The van der Waals surface area contributed by atoms with Crippen LogP contribution in [0.3, 0.4) is 0 Å². The lowest BCUT2D eigenvalue weighted by molar-refractivity contribution is -0.174. The van der Waals surface area contributed by atoms with Gasteiger partial charge in [-0.15, -0.1) is 0 Å². The van der Waals surface area contributed by atoms with Gasteiger partial charge in [0, 0.05) is 0 Å². The second kappa shape index (κ2) is 5.42. The lowest BCUT2D eigenvalue weighted by atomic mass is 10.1. The van der Waals surface area contributed by atoms with Crippen LogP contribution in [0, 0.1) is 0 Å². The van der Waals surface area contributed by atoms with Gasteiger partial charge in [0.05, 0.1) is 0 Å². The molecule has 0 unspecified atom stereocenters. The fourth-order valence-corrected chi connectivity index (χ4v) is 1.31. The lowest BCUT2D eigenvalue weighted by Gasteiger charge is -2.20. The summed E-state index contributed by atoms with van der Waals surface area (Å²) >= 11 is 0. The van der Waals surface area contributed by atoms with Crippen molar-refractivity contribution in [2.24, 2.45) is 5.90 Å². The van der Waals surface area contributed by atoms with Gasteiger partial charge in [-0.25, -0.2) is 14.4 Å². The van der Waals surface area contributed by atoms with E-state index in [9.17, 15) is 14.4 Å². The Bertz CT molecular complexity index is 272. The van der Waals surface area contributed by atoms with Gasteiger partial charge in [0.15, 0.2) is 0 Å². The molecule has 3 N–H and O–H groups in total. The van der Waals surface area contributed by atoms with Crippen LogP contribution in [0.4, 0.5) is 0 Å². The Hall–Kier alpha value is -1.47. The highest BCUT2D eigenvalue weighted by atomic mass is 16.7. The van der Waals surface area contributed by atoms with Crippen LogP contribution in [-0.4, -0.2) is 30.5 Å². The highest BCUT2D eigenvalue weighted by Crippen LogP contribution is 2.08. The smallest absolute Gasteiger partial charge is 0.383 e. The average Bonchev–Trinajstić information content (AvgIpc) is 2.29. The summed E-state index contributed by atoms with van der Waals surface area (Å²) in [6.07, 6.45) is 2.44. The Balaban J connectivity index is 2.40. The number of nitrogens with two attached hydrogens (primary N) is 1. The molecule has 0 bridgehead atoms. The van der Waals surface area contributed by atoms with Crippen molar-refractivity contribution in [3.05, 3.63) is 0 Å². The van der Waals surface area contributed by atoms with Gasteiger partial charge >= 0.3 is 17.9 Å². The molecule has 0 aromatic rings. The summed E-state index contributed by atoms with van der Waals surface area (Å²) in [5.74, 6) is 0.893. The molecule has 0 amide bonds. The largest absolute Gasteiger partial charge is 0.436 e. The summed E-state index contributed by atoms with van der Waals surface area (Å²) in [6.45, 7) is 0.690. The van der Waals surface area contributed by atoms with Gasteiger partial charge in [0.1, 0.15) is 6.04 Å². The Labute approximate surface area is 85.8 Å². The van der Waals surface area contributed by atoms with Crippen molar-refractivity contribution < 1.29 is 24.0 Å². The van der Waals surface area contributed by atoms with Crippen LogP contribution in [0.1, 0.15) is 19.3 Å². The van der Waals surface area contributed by atoms with Crippen molar-refractivity contribution in [1.82, 2.24) is 5.32 Å². The fourth-order valence-electron chi connectivity index (χ4n) is 1.31. The SMILES string of the molecule is NOC(=O)C(=O)OC(=O)[C@@H]1CCCCN1. The second-order valence-corrected chi connectivity index (χ2v) is 3.12. The van der Waals surface area contributed by atoms with Crippen LogP contribution >= 0.6 is 0 Å². The van der Waals surface area contributed by atoms with Crippen molar-refractivity contribution in [2.45, 2.75) is 25.3 Å². The Kier molecular flexibility index (Phi) is 4.19. The van der Waals surface area contributed by atoms with Crippen molar-refractivity contribution in [1.29, 1.82) is 0 Å². The third kappa shape index (κ3) is 3.30. The molecule has 84 valence electrons. The van der Waals surface area contributed by atoms with Gasteiger partial charge in [0.25, 0.3) is 0 Å². The molecule has 1 rings (SSSR count). The normalized spacial score (nSPS) is 20.5. The standard InChI is InChI=1S/C8H12N2O5/c9-15-8(13)7(12)14-6(11)5-3-1-2-4-10-5/h5,10H,1-4,9H2/t5-/m0/s1. The first-order chi connectivity index (χ1) is 7.15. The van der Waals surface area contributed by atoms with Crippen molar-refractivity contribution >= 4 is 17.9 Å². The molecule has 0 radical (unpaired) electrons. The summed E-state index contributed by atoms with van der Waals surface area (Å²) in [5, 5.41) is 2.87. The number of piperidine rings is 1. The van der Waals surface area contributed by atoms with Gasteiger partial charge in [-0.3, -0.25) is 0 Å². The molecule has 1 saturated heterocycles. The number of nitrogens with one attached hydrogen (secondary N) is 1. The zero-order valence-corrected chi connectivity index (χ0v) is 8.02. The van der Waals surface area contributed by atoms with Gasteiger partial charge in [-0.1, -0.05) is 6.42 Å². The Morgan fingerprint density at radius 3 is 2.47 bits per heavy atom. The van der Waals surface area contributed by atoms with E-state index in [4.69, 9.17) is 0 Å². The van der Waals surface area contributed by atoms with Crippen LogP contribution in [0.15, 0.2) is 0 Å². The van der Waals surface area contributed by atoms with Gasteiger partial charge in [0.2, 0.25) is 0 Å². The zero-order valence-electron chi connectivity index (χ0n) is 8.02. The van der Waals surface area contributed by atoms with E-state index in [1.807, 2.05) is 0 Å². The average molecular weight is 216 g/mol. The highest BCUT2D eigenvalue weighted by Gasteiger charge is 2.27. The molecule has 7 heteroatoms. The third-order valence-corrected chi connectivity index (χ3v) is 2.06. The molecule has 1 heterocycles. The molecule has 1 aliphatic heterocycles. The maximum atomic E-state index is 11.3. The summed E-state index contributed by atoms with van der Waals surface area (Å²) in [4.78, 5) is 36.2. The van der Waals surface area contributed by atoms with Crippen molar-refractivity contribution in [3.8, 4) is 0 Å². The number of carbonyl (C=O) groups is 3. The van der Waals surface area contributed by atoms with E-state index < -0.39 is 23.9 Å². The first-order valence-corrected chi connectivity index (χ1v) is 4.55. The fraction of sp³-hybridized carbons (Fsp3) is 0.625. The summed E-state index contributed by atoms with van der Waals surface area (Å²) in [6, 6.07) is -0.534. The van der Waals surface area contributed by atoms with Gasteiger partial charge in [-0.05, 0) is 19.4 Å². The molecule has 0 aliphatic carbocycles. The third-order valence-electron chi connectivity index (χ3n) is 2.06. The number of esters is 2. The quantitative estimate of drug-likeness (QED) is 0.240. The molecular weight excluding hydrogens is 204 g/mol. The monoisotopic (exact) mass is 216 g/mol. The van der Waals surface area contributed by atoms with E-state index in [0.29, 0.717) is 13.0 Å². The minimum absolute atomic E-state index is 0.534. The van der Waals surface area contributed by atoms with E-state index in [0.717, 1.165) is 12.8 Å². The minimum atomic E-state index is -1.39. The zero-order chi connectivity index (χ0) is 11.3. The molecule has 0 saturated carbocycles. The van der Waals surface area contributed by atoms with Crippen LogP contribution < -0.4 is 11.2 Å². The van der Waals surface area contributed by atoms with Crippen molar-refractivity contribution in [3.63, 3.8) is 0 Å². The molecule has 1 fully saturated rings. The second-order valence-electron chi connectivity index (χ2n) is 3.12. The van der Waals surface area contributed by atoms with E-state index in [1.54, 1.807) is 0 Å². The molecule has 7 nitrogen and oxygen atoms in total. The molecular formula is C8H12N2O5. The number of ether oxygens (including phenoxy) is 1. The number of rotatable bonds is 1. The van der Waals surface area contributed by atoms with Crippen LogP contribution in [0.25, 0.3) is 0 Å².